The average molecular weight is 556 g/mol. The largest absolute Gasteiger partial charge is 0.489 e. The summed E-state index contributed by atoms with van der Waals surface area (Å²) in [6.07, 6.45) is -0.524. The van der Waals surface area contributed by atoms with Crippen LogP contribution in [0.4, 0.5) is 4.79 Å². The van der Waals surface area contributed by atoms with Crippen LogP contribution in [0, 0.1) is 5.92 Å². The Morgan fingerprint density at radius 1 is 0.675 bits per heavy atom. The first kappa shape index (κ1) is 32.7. The summed E-state index contributed by atoms with van der Waals surface area (Å²) in [7, 11) is 0. The second-order valence-corrected chi connectivity index (χ2v) is 12.8. The highest BCUT2D eigenvalue weighted by Crippen LogP contribution is 2.24. The number of amides is 1. The number of benzene rings is 2. The number of ether oxygens (including phenoxy) is 4. The van der Waals surface area contributed by atoms with E-state index in [1.807, 2.05) is 54.6 Å². The van der Waals surface area contributed by atoms with Gasteiger partial charge >= 0.3 is 18.0 Å². The van der Waals surface area contributed by atoms with E-state index in [0.717, 1.165) is 11.1 Å². The maximum absolute atomic E-state index is 13.3. The van der Waals surface area contributed by atoms with Gasteiger partial charge in [-0.3, -0.25) is 4.79 Å². The van der Waals surface area contributed by atoms with Gasteiger partial charge < -0.3 is 24.3 Å². The third-order valence-electron chi connectivity index (χ3n) is 5.30. The smallest absolute Gasteiger partial charge is 0.408 e. The number of esters is 2. The lowest BCUT2D eigenvalue weighted by Gasteiger charge is -2.29. The summed E-state index contributed by atoms with van der Waals surface area (Å²) in [5, 5.41) is 2.61. The molecule has 2 aromatic rings. The SMILES string of the molecule is CC(C)(C)OC(=O)N[C@@H](C[C@H](Cc1ccc(OCc2ccccc2)cc1)C(=O)OC(C)(C)C)C(=O)OC(C)(C)C. The van der Waals surface area contributed by atoms with Gasteiger partial charge in [0.2, 0.25) is 0 Å². The van der Waals surface area contributed by atoms with Crippen molar-refractivity contribution in [2.45, 2.75) is 105 Å². The van der Waals surface area contributed by atoms with E-state index in [9.17, 15) is 14.4 Å². The van der Waals surface area contributed by atoms with Gasteiger partial charge in [0.25, 0.3) is 0 Å². The molecule has 2 aromatic carbocycles. The number of hydrogen-bond acceptors (Lipinski definition) is 7. The van der Waals surface area contributed by atoms with Crippen LogP contribution in [0.15, 0.2) is 54.6 Å². The summed E-state index contributed by atoms with van der Waals surface area (Å²) < 4.78 is 22.5. The zero-order valence-electron chi connectivity index (χ0n) is 25.3. The van der Waals surface area contributed by atoms with E-state index in [0.29, 0.717) is 12.4 Å². The van der Waals surface area contributed by atoms with Crippen molar-refractivity contribution in [2.24, 2.45) is 5.92 Å². The fraction of sp³-hybridized carbons (Fsp3) is 0.531. The molecular weight excluding hydrogens is 510 g/mol. The first-order valence-electron chi connectivity index (χ1n) is 13.6. The van der Waals surface area contributed by atoms with Gasteiger partial charge in [-0.1, -0.05) is 42.5 Å². The van der Waals surface area contributed by atoms with E-state index < -0.39 is 46.8 Å². The highest BCUT2D eigenvalue weighted by Gasteiger charge is 2.35. The Labute approximate surface area is 238 Å². The quantitative estimate of drug-likeness (QED) is 0.268. The third kappa shape index (κ3) is 13.0. The summed E-state index contributed by atoms with van der Waals surface area (Å²) in [5.41, 5.74) is -0.380. The van der Waals surface area contributed by atoms with Crippen molar-refractivity contribution in [1.82, 2.24) is 5.32 Å². The van der Waals surface area contributed by atoms with E-state index in [-0.39, 0.29) is 12.8 Å². The van der Waals surface area contributed by atoms with Crippen LogP contribution in [0.5, 0.6) is 5.75 Å². The number of alkyl carbamates (subject to hydrolysis) is 1. The fourth-order valence-electron chi connectivity index (χ4n) is 3.72. The van der Waals surface area contributed by atoms with Crippen molar-refractivity contribution in [3.63, 3.8) is 0 Å². The predicted octanol–water partition coefficient (Wildman–Crippen LogP) is 6.39. The van der Waals surface area contributed by atoms with Gasteiger partial charge in [-0.05, 0) is 98.4 Å². The molecule has 0 saturated carbocycles. The van der Waals surface area contributed by atoms with Gasteiger partial charge in [0, 0.05) is 0 Å². The molecule has 0 fully saturated rings. The van der Waals surface area contributed by atoms with Crippen molar-refractivity contribution >= 4 is 18.0 Å². The molecule has 8 nitrogen and oxygen atoms in total. The Bertz CT molecular complexity index is 1110. The number of nitrogens with one attached hydrogen (secondary N) is 1. The molecular formula is C32H45NO7. The highest BCUT2D eigenvalue weighted by molar-refractivity contribution is 5.83. The second-order valence-electron chi connectivity index (χ2n) is 12.8. The summed E-state index contributed by atoms with van der Waals surface area (Å²) in [6.45, 7) is 16.2. The highest BCUT2D eigenvalue weighted by atomic mass is 16.6. The molecule has 0 aliphatic carbocycles. The fourth-order valence-corrected chi connectivity index (χ4v) is 3.72. The Morgan fingerprint density at radius 3 is 1.73 bits per heavy atom. The molecule has 0 saturated heterocycles. The first-order chi connectivity index (χ1) is 18.4. The summed E-state index contributed by atoms with van der Waals surface area (Å²) in [6, 6.07) is 16.2. The number of hydrogen-bond donors (Lipinski definition) is 1. The Balaban J connectivity index is 2.24. The lowest BCUT2D eigenvalue weighted by molar-refractivity contribution is -0.162. The molecule has 40 heavy (non-hydrogen) atoms. The molecule has 0 unspecified atom stereocenters. The molecule has 220 valence electrons. The van der Waals surface area contributed by atoms with E-state index in [2.05, 4.69) is 5.32 Å². The minimum atomic E-state index is -1.12. The average Bonchev–Trinajstić information content (AvgIpc) is 2.80. The van der Waals surface area contributed by atoms with Crippen LogP contribution < -0.4 is 10.1 Å². The molecule has 1 amide bonds. The minimum Gasteiger partial charge on any atom is -0.489 e. The number of rotatable bonds is 10. The van der Waals surface area contributed by atoms with E-state index in [1.165, 1.54) is 0 Å². The predicted molar refractivity (Wildman–Crippen MR) is 154 cm³/mol. The summed E-state index contributed by atoms with van der Waals surface area (Å²) >= 11 is 0. The molecule has 0 aromatic heterocycles. The zero-order valence-corrected chi connectivity index (χ0v) is 25.3. The maximum atomic E-state index is 13.3. The van der Waals surface area contributed by atoms with Crippen LogP contribution in [0.2, 0.25) is 0 Å². The molecule has 0 spiro atoms. The minimum absolute atomic E-state index is 0.0324. The standard InChI is InChI=1S/C32H45NO7/c1-30(2,3)38-27(34)24(19-22-15-17-25(18-16-22)37-21-23-13-11-10-12-14-23)20-26(28(35)39-31(4,5)6)33-29(36)40-32(7,8)9/h10-18,24,26H,19-21H2,1-9H3,(H,33,36)/t24-,26-/m0/s1. The summed E-state index contributed by atoms with van der Waals surface area (Å²) in [4.78, 5) is 39.0. The van der Waals surface area contributed by atoms with Crippen LogP contribution in [0.1, 0.15) is 79.9 Å². The van der Waals surface area contributed by atoms with Gasteiger partial charge in [0.15, 0.2) is 0 Å². The van der Waals surface area contributed by atoms with Crippen molar-refractivity contribution < 1.29 is 33.3 Å². The molecule has 0 aliphatic heterocycles. The molecule has 8 heteroatoms. The van der Waals surface area contributed by atoms with Gasteiger partial charge in [-0.15, -0.1) is 0 Å². The topological polar surface area (TPSA) is 100 Å². The van der Waals surface area contributed by atoms with Crippen LogP contribution >= 0.6 is 0 Å². The number of carbonyl (C=O) groups is 3. The normalized spacial score (nSPS) is 13.5. The maximum Gasteiger partial charge on any atom is 0.408 e. The molecule has 0 heterocycles. The molecule has 2 rings (SSSR count). The lowest BCUT2D eigenvalue weighted by atomic mass is 9.92. The zero-order chi connectivity index (χ0) is 30.1. The monoisotopic (exact) mass is 555 g/mol. The molecule has 0 radical (unpaired) electrons. The second kappa shape index (κ2) is 13.7. The van der Waals surface area contributed by atoms with Crippen molar-refractivity contribution in [3.05, 3.63) is 65.7 Å². The van der Waals surface area contributed by atoms with Crippen LogP contribution in [-0.4, -0.2) is 40.9 Å². The van der Waals surface area contributed by atoms with Crippen LogP contribution in [-0.2, 0) is 36.8 Å². The van der Waals surface area contributed by atoms with Gasteiger partial charge in [-0.2, -0.15) is 0 Å². The Morgan fingerprint density at radius 2 is 1.20 bits per heavy atom. The van der Waals surface area contributed by atoms with E-state index in [1.54, 1.807) is 62.3 Å². The van der Waals surface area contributed by atoms with E-state index >= 15 is 0 Å². The van der Waals surface area contributed by atoms with Crippen molar-refractivity contribution in [1.29, 1.82) is 0 Å². The first-order valence-corrected chi connectivity index (χ1v) is 13.6. The van der Waals surface area contributed by atoms with Crippen LogP contribution in [0.25, 0.3) is 0 Å². The lowest BCUT2D eigenvalue weighted by Crippen LogP contribution is -2.48. The van der Waals surface area contributed by atoms with Gasteiger partial charge in [0.05, 0.1) is 5.92 Å². The Kier molecular flexibility index (Phi) is 11.2. The van der Waals surface area contributed by atoms with Crippen molar-refractivity contribution in [3.8, 4) is 5.75 Å². The van der Waals surface area contributed by atoms with Crippen LogP contribution in [0.3, 0.4) is 0 Å². The third-order valence-corrected chi connectivity index (χ3v) is 5.30. The van der Waals surface area contributed by atoms with Gasteiger partial charge in [0.1, 0.15) is 35.2 Å². The molecule has 2 atom stereocenters. The van der Waals surface area contributed by atoms with Crippen molar-refractivity contribution in [2.75, 3.05) is 0 Å². The van der Waals surface area contributed by atoms with E-state index in [4.69, 9.17) is 18.9 Å². The molecule has 1 N–H and O–H groups in total. The Hall–Kier alpha value is -3.55. The summed E-state index contributed by atoms with van der Waals surface area (Å²) in [5.74, 6) is -1.18. The number of carbonyl (C=O) groups excluding carboxylic acids is 3. The molecule has 0 bridgehead atoms. The van der Waals surface area contributed by atoms with Gasteiger partial charge in [-0.25, -0.2) is 9.59 Å². The molecule has 0 aliphatic rings.